The van der Waals surface area contributed by atoms with E-state index < -0.39 is 0 Å². The summed E-state index contributed by atoms with van der Waals surface area (Å²) in [7, 11) is 3.97. The van der Waals surface area contributed by atoms with Crippen LogP contribution < -0.4 is 11.1 Å². The summed E-state index contributed by atoms with van der Waals surface area (Å²) >= 11 is 0. The number of nitrogens with two attached hydrogens (primary N) is 1. The van der Waals surface area contributed by atoms with E-state index in [0.29, 0.717) is 12.5 Å². The van der Waals surface area contributed by atoms with Gasteiger partial charge in [-0.25, -0.2) is 0 Å². The molecule has 1 rings (SSSR count). The van der Waals surface area contributed by atoms with Gasteiger partial charge in [-0.3, -0.25) is 4.79 Å². The Morgan fingerprint density at radius 3 is 2.69 bits per heavy atom. The number of hydrogen-bond acceptors (Lipinski definition) is 3. The van der Waals surface area contributed by atoms with Gasteiger partial charge in [0.25, 0.3) is 0 Å². The van der Waals surface area contributed by atoms with E-state index in [0.717, 1.165) is 13.0 Å². The summed E-state index contributed by atoms with van der Waals surface area (Å²) in [6.45, 7) is 3.06. The van der Waals surface area contributed by atoms with Gasteiger partial charge < -0.3 is 16.0 Å². The summed E-state index contributed by atoms with van der Waals surface area (Å²) in [6, 6.07) is 0.520. The second-order valence-corrected chi connectivity index (χ2v) is 4.14. The van der Waals surface area contributed by atoms with Gasteiger partial charge in [0.2, 0.25) is 5.91 Å². The Morgan fingerprint density at radius 2 is 2.38 bits per heavy atom. The lowest BCUT2D eigenvalue weighted by Gasteiger charge is -2.26. The third-order valence-corrected chi connectivity index (χ3v) is 3.03. The van der Waals surface area contributed by atoms with Gasteiger partial charge in [0.05, 0.1) is 0 Å². The zero-order chi connectivity index (χ0) is 10.1. The first-order chi connectivity index (χ1) is 5.99. The van der Waals surface area contributed by atoms with Crippen LogP contribution >= 0.6 is 0 Å². The first-order valence-electron chi connectivity index (χ1n) is 4.66. The molecule has 1 amide bonds. The van der Waals surface area contributed by atoms with E-state index in [1.165, 1.54) is 0 Å². The molecule has 0 aromatic carbocycles. The van der Waals surface area contributed by atoms with Crippen LogP contribution in [0, 0.1) is 0 Å². The Labute approximate surface area is 79.5 Å². The number of nitrogens with zero attached hydrogens (tertiary/aromatic N) is 1. The summed E-state index contributed by atoms with van der Waals surface area (Å²) < 4.78 is 0. The summed E-state index contributed by atoms with van der Waals surface area (Å²) in [5.74, 6) is -0.225. The number of likely N-dealkylation sites (N-methyl/N-ethyl adjacent to an activating group) is 2. The van der Waals surface area contributed by atoms with Crippen molar-refractivity contribution in [1.82, 2.24) is 10.2 Å². The van der Waals surface area contributed by atoms with Crippen molar-refractivity contribution in [1.29, 1.82) is 0 Å². The van der Waals surface area contributed by atoms with Crippen LogP contribution in [-0.2, 0) is 4.79 Å². The first kappa shape index (κ1) is 10.5. The Bertz CT molecular complexity index is 195. The molecule has 0 aliphatic carbocycles. The Hall–Kier alpha value is -0.610. The molecule has 3 N–H and O–H groups in total. The van der Waals surface area contributed by atoms with Crippen molar-refractivity contribution in [3.05, 3.63) is 0 Å². The van der Waals surface area contributed by atoms with Gasteiger partial charge in [0, 0.05) is 24.5 Å². The fourth-order valence-electron chi connectivity index (χ4n) is 2.15. The summed E-state index contributed by atoms with van der Waals surface area (Å²) in [5.41, 5.74) is 5.13. The third kappa shape index (κ3) is 2.19. The highest BCUT2D eigenvalue weighted by Crippen LogP contribution is 2.27. The van der Waals surface area contributed by atoms with E-state index in [4.69, 9.17) is 5.73 Å². The Morgan fingerprint density at radius 1 is 1.77 bits per heavy atom. The van der Waals surface area contributed by atoms with E-state index in [-0.39, 0.29) is 11.4 Å². The SMILES string of the molecule is CNC1(CC(N)=O)CC(C)N(C)C1. The molecule has 0 aromatic rings. The number of carbonyl (C=O) groups excluding carboxylic acids is 1. The van der Waals surface area contributed by atoms with Gasteiger partial charge in [0.15, 0.2) is 0 Å². The largest absolute Gasteiger partial charge is 0.370 e. The number of rotatable bonds is 3. The number of nitrogens with one attached hydrogen (secondary N) is 1. The number of amides is 1. The van der Waals surface area contributed by atoms with Crippen molar-refractivity contribution in [3.63, 3.8) is 0 Å². The minimum absolute atomic E-state index is 0.0972. The fourth-order valence-corrected chi connectivity index (χ4v) is 2.15. The average molecular weight is 185 g/mol. The van der Waals surface area contributed by atoms with Crippen LogP contribution in [0.3, 0.4) is 0 Å². The van der Waals surface area contributed by atoms with Gasteiger partial charge in [-0.15, -0.1) is 0 Å². The monoisotopic (exact) mass is 185 g/mol. The van der Waals surface area contributed by atoms with Crippen LogP contribution in [0.25, 0.3) is 0 Å². The molecule has 0 saturated carbocycles. The number of likely N-dealkylation sites (tertiary alicyclic amines) is 1. The standard InChI is InChI=1S/C9H19N3O/c1-7-4-9(11-2,5-8(10)13)6-12(7)3/h7,11H,4-6H2,1-3H3,(H2,10,13). The molecule has 1 aliphatic rings. The molecule has 0 bridgehead atoms. The highest BCUT2D eigenvalue weighted by Gasteiger charge is 2.40. The molecule has 1 fully saturated rings. The number of hydrogen-bond donors (Lipinski definition) is 2. The number of carbonyl (C=O) groups is 1. The highest BCUT2D eigenvalue weighted by molar-refractivity contribution is 5.75. The van der Waals surface area contributed by atoms with E-state index in [9.17, 15) is 4.79 Å². The molecule has 2 atom stereocenters. The fraction of sp³-hybridized carbons (Fsp3) is 0.889. The second kappa shape index (κ2) is 3.64. The predicted octanol–water partition coefficient (Wildman–Crippen LogP) is -0.456. The summed E-state index contributed by atoms with van der Waals surface area (Å²) in [6.07, 6.45) is 1.42. The second-order valence-electron chi connectivity index (χ2n) is 4.14. The van der Waals surface area contributed by atoms with E-state index in [1.54, 1.807) is 0 Å². The molecule has 1 heterocycles. The van der Waals surface area contributed by atoms with Gasteiger partial charge in [-0.2, -0.15) is 0 Å². The van der Waals surface area contributed by atoms with Crippen molar-refractivity contribution < 1.29 is 4.79 Å². The molecule has 0 radical (unpaired) electrons. The minimum Gasteiger partial charge on any atom is -0.370 e. The van der Waals surface area contributed by atoms with Gasteiger partial charge >= 0.3 is 0 Å². The summed E-state index contributed by atoms with van der Waals surface area (Å²) in [4.78, 5) is 13.1. The van der Waals surface area contributed by atoms with Crippen molar-refractivity contribution in [2.75, 3.05) is 20.6 Å². The van der Waals surface area contributed by atoms with Crippen molar-refractivity contribution in [2.45, 2.75) is 31.3 Å². The molecule has 0 spiro atoms. The normalized spacial score (nSPS) is 35.2. The smallest absolute Gasteiger partial charge is 0.219 e. The van der Waals surface area contributed by atoms with Crippen molar-refractivity contribution in [3.8, 4) is 0 Å². The van der Waals surface area contributed by atoms with Crippen LogP contribution in [0.4, 0.5) is 0 Å². The molecule has 13 heavy (non-hydrogen) atoms. The van der Waals surface area contributed by atoms with Gasteiger partial charge in [0.1, 0.15) is 0 Å². The molecule has 76 valence electrons. The molecular formula is C9H19N3O. The third-order valence-electron chi connectivity index (χ3n) is 3.03. The lowest BCUT2D eigenvalue weighted by atomic mass is 9.92. The predicted molar refractivity (Wildman–Crippen MR) is 52.3 cm³/mol. The maximum absolute atomic E-state index is 10.9. The first-order valence-corrected chi connectivity index (χ1v) is 4.66. The molecule has 0 aromatic heterocycles. The maximum atomic E-state index is 10.9. The molecular weight excluding hydrogens is 166 g/mol. The lowest BCUT2D eigenvalue weighted by molar-refractivity contribution is -0.119. The average Bonchev–Trinajstić information content (AvgIpc) is 2.27. The maximum Gasteiger partial charge on any atom is 0.219 e. The van der Waals surface area contributed by atoms with Crippen LogP contribution in [0.5, 0.6) is 0 Å². The summed E-state index contributed by atoms with van der Waals surface area (Å²) in [5, 5.41) is 3.23. The molecule has 4 nitrogen and oxygen atoms in total. The van der Waals surface area contributed by atoms with E-state index >= 15 is 0 Å². The quantitative estimate of drug-likeness (QED) is 0.626. The van der Waals surface area contributed by atoms with Crippen LogP contribution in [0.2, 0.25) is 0 Å². The molecule has 1 aliphatic heterocycles. The highest BCUT2D eigenvalue weighted by atomic mass is 16.1. The molecule has 4 heteroatoms. The van der Waals surface area contributed by atoms with E-state index in [1.807, 2.05) is 7.05 Å². The lowest BCUT2D eigenvalue weighted by Crippen LogP contribution is -2.47. The minimum atomic E-state index is -0.225. The molecule has 1 saturated heterocycles. The van der Waals surface area contributed by atoms with Crippen molar-refractivity contribution in [2.24, 2.45) is 5.73 Å². The zero-order valence-corrected chi connectivity index (χ0v) is 8.63. The van der Waals surface area contributed by atoms with Crippen LogP contribution in [-0.4, -0.2) is 43.0 Å². The topological polar surface area (TPSA) is 58.4 Å². The molecule has 2 unspecified atom stereocenters. The number of primary amides is 1. The Kier molecular flexibility index (Phi) is 2.93. The van der Waals surface area contributed by atoms with Gasteiger partial charge in [-0.05, 0) is 27.4 Å². The van der Waals surface area contributed by atoms with Crippen LogP contribution in [0.15, 0.2) is 0 Å². The zero-order valence-electron chi connectivity index (χ0n) is 8.63. The van der Waals surface area contributed by atoms with Crippen LogP contribution in [0.1, 0.15) is 19.8 Å². The van der Waals surface area contributed by atoms with E-state index in [2.05, 4.69) is 24.2 Å². The van der Waals surface area contributed by atoms with Crippen molar-refractivity contribution >= 4 is 5.91 Å². The Balaban J connectivity index is 2.67. The van der Waals surface area contributed by atoms with Gasteiger partial charge in [-0.1, -0.05) is 0 Å².